The van der Waals surface area contributed by atoms with Crippen molar-refractivity contribution in [3.05, 3.63) is 64.7 Å². The van der Waals surface area contributed by atoms with Gasteiger partial charge >= 0.3 is 0 Å². The topological polar surface area (TPSA) is 15.6 Å². The number of benzene rings is 2. The molecular formula is C22H26N2. The highest BCUT2D eigenvalue weighted by molar-refractivity contribution is 5.88. The maximum atomic E-state index is 4.64. The minimum Gasteiger partial charge on any atom is -0.366 e. The van der Waals surface area contributed by atoms with Gasteiger partial charge in [-0.25, -0.2) is 0 Å². The fourth-order valence-electron chi connectivity index (χ4n) is 3.21. The maximum Gasteiger partial charge on any atom is 0.0632 e. The average Bonchev–Trinajstić information content (AvgIpc) is 2.53. The van der Waals surface area contributed by atoms with Crippen LogP contribution in [0.3, 0.4) is 0 Å². The summed E-state index contributed by atoms with van der Waals surface area (Å²) in [5.74, 6) is 0. The van der Waals surface area contributed by atoms with Crippen LogP contribution < -0.4 is 4.90 Å². The van der Waals surface area contributed by atoms with E-state index < -0.39 is 0 Å². The van der Waals surface area contributed by atoms with E-state index in [2.05, 4.69) is 94.0 Å². The first-order chi connectivity index (χ1) is 11.3. The van der Waals surface area contributed by atoms with Gasteiger partial charge in [0.05, 0.1) is 11.2 Å². The summed E-state index contributed by atoms with van der Waals surface area (Å²) in [4.78, 5) is 6.97. The lowest BCUT2D eigenvalue weighted by Gasteiger charge is -2.40. The smallest absolute Gasteiger partial charge is 0.0632 e. The van der Waals surface area contributed by atoms with Gasteiger partial charge in [0.2, 0.25) is 0 Å². The number of aliphatic imine (C=N–C) groups is 1. The molecule has 1 aliphatic rings. The summed E-state index contributed by atoms with van der Waals surface area (Å²) in [5, 5.41) is 0. The summed E-state index contributed by atoms with van der Waals surface area (Å²) in [6, 6.07) is 12.9. The zero-order chi connectivity index (χ0) is 17.5. The second kappa shape index (κ2) is 5.94. The van der Waals surface area contributed by atoms with Gasteiger partial charge in [-0.1, -0.05) is 18.2 Å². The van der Waals surface area contributed by atoms with Crippen molar-refractivity contribution in [2.24, 2.45) is 4.99 Å². The van der Waals surface area contributed by atoms with E-state index in [0.29, 0.717) is 0 Å². The summed E-state index contributed by atoms with van der Waals surface area (Å²) >= 11 is 0. The van der Waals surface area contributed by atoms with E-state index in [-0.39, 0.29) is 5.54 Å². The third-order valence-electron chi connectivity index (χ3n) is 5.09. The van der Waals surface area contributed by atoms with Gasteiger partial charge in [-0.05, 0) is 81.1 Å². The normalized spacial score (nSPS) is 16.2. The van der Waals surface area contributed by atoms with E-state index >= 15 is 0 Å². The Morgan fingerprint density at radius 3 is 2.42 bits per heavy atom. The van der Waals surface area contributed by atoms with E-state index in [4.69, 9.17) is 0 Å². The van der Waals surface area contributed by atoms with Crippen molar-refractivity contribution < 1.29 is 0 Å². The molecule has 0 atom stereocenters. The summed E-state index contributed by atoms with van der Waals surface area (Å²) < 4.78 is 0. The Morgan fingerprint density at radius 2 is 1.71 bits per heavy atom. The number of aryl methyl sites for hydroxylation is 2. The van der Waals surface area contributed by atoms with Crippen LogP contribution >= 0.6 is 0 Å². The van der Waals surface area contributed by atoms with Gasteiger partial charge in [-0.15, -0.1) is 0 Å². The molecular weight excluding hydrogens is 292 g/mol. The molecule has 2 heteroatoms. The number of likely N-dealkylation sites (N-methyl/N-ethyl adjacent to an activating group) is 1. The molecule has 0 spiro atoms. The number of rotatable bonds is 2. The van der Waals surface area contributed by atoms with Gasteiger partial charge < -0.3 is 4.90 Å². The van der Waals surface area contributed by atoms with Crippen LogP contribution in [0.25, 0.3) is 5.57 Å². The molecule has 2 nitrogen and oxygen atoms in total. The molecule has 0 bridgehead atoms. The molecule has 0 radical (unpaired) electrons. The van der Waals surface area contributed by atoms with Crippen LogP contribution in [0.2, 0.25) is 0 Å². The molecule has 0 fully saturated rings. The monoisotopic (exact) mass is 318 g/mol. The average molecular weight is 318 g/mol. The van der Waals surface area contributed by atoms with Gasteiger partial charge in [0, 0.05) is 24.5 Å². The minimum atomic E-state index is 0.0477. The molecule has 1 aliphatic heterocycles. The highest BCUT2D eigenvalue weighted by Crippen LogP contribution is 2.37. The number of hydrogen-bond donors (Lipinski definition) is 0. The molecule has 0 saturated carbocycles. The van der Waals surface area contributed by atoms with Crippen LogP contribution in [0.15, 0.2) is 47.5 Å². The van der Waals surface area contributed by atoms with Gasteiger partial charge in [0.1, 0.15) is 0 Å². The van der Waals surface area contributed by atoms with Crippen LogP contribution in [-0.4, -0.2) is 18.8 Å². The quantitative estimate of drug-likeness (QED) is 0.650. The molecule has 0 saturated heterocycles. The summed E-state index contributed by atoms with van der Waals surface area (Å²) in [7, 11) is 2.16. The van der Waals surface area contributed by atoms with Crippen molar-refractivity contribution in [3.63, 3.8) is 0 Å². The van der Waals surface area contributed by atoms with E-state index in [9.17, 15) is 0 Å². The first kappa shape index (κ1) is 16.5. The number of anilines is 1. The molecule has 2 aromatic rings. The van der Waals surface area contributed by atoms with E-state index in [1.807, 2.05) is 6.21 Å². The Balaban J connectivity index is 1.93. The molecule has 124 valence electrons. The fraction of sp³-hybridized carbons (Fsp3) is 0.318. The highest BCUT2D eigenvalue weighted by Gasteiger charge is 2.28. The molecule has 0 amide bonds. The number of fused-ring (bicyclic) bond motifs is 1. The Morgan fingerprint density at radius 1 is 0.958 bits per heavy atom. The largest absolute Gasteiger partial charge is 0.366 e. The Labute approximate surface area is 145 Å². The molecule has 0 N–H and O–H groups in total. The molecule has 0 unspecified atom stereocenters. The van der Waals surface area contributed by atoms with Gasteiger partial charge in [0.25, 0.3) is 0 Å². The number of nitrogens with zero attached hydrogens (tertiary/aromatic N) is 2. The van der Waals surface area contributed by atoms with Gasteiger partial charge in [0.15, 0.2) is 0 Å². The summed E-state index contributed by atoms with van der Waals surface area (Å²) in [5.41, 5.74) is 8.66. The van der Waals surface area contributed by atoms with Gasteiger partial charge in [-0.2, -0.15) is 0 Å². The molecule has 0 aliphatic carbocycles. The fourth-order valence-corrected chi connectivity index (χ4v) is 3.21. The molecule has 24 heavy (non-hydrogen) atoms. The molecule has 3 rings (SSSR count). The van der Waals surface area contributed by atoms with Crippen molar-refractivity contribution in [1.29, 1.82) is 0 Å². The third kappa shape index (κ3) is 3.01. The second-order valence-electron chi connectivity index (χ2n) is 7.34. The van der Waals surface area contributed by atoms with E-state index in [0.717, 1.165) is 11.3 Å². The van der Waals surface area contributed by atoms with E-state index in [1.165, 1.54) is 28.0 Å². The standard InChI is InChI=1S/C22H26N2/c1-15-7-9-19(11-16(15)2)23-14-18-8-10-21-20(12-18)17(3)13-22(4,5)24(21)6/h7-14H,1-6H3. The summed E-state index contributed by atoms with van der Waals surface area (Å²) in [6.07, 6.45) is 4.29. The lowest BCUT2D eigenvalue weighted by Crippen LogP contribution is -2.42. The predicted octanol–water partition coefficient (Wildman–Crippen LogP) is 5.69. The van der Waals surface area contributed by atoms with Crippen molar-refractivity contribution >= 4 is 23.2 Å². The minimum absolute atomic E-state index is 0.0477. The van der Waals surface area contributed by atoms with Crippen molar-refractivity contribution in [2.45, 2.75) is 40.2 Å². The Kier molecular flexibility index (Phi) is 4.08. The van der Waals surface area contributed by atoms with Crippen LogP contribution in [0.4, 0.5) is 11.4 Å². The highest BCUT2D eigenvalue weighted by atomic mass is 15.2. The Bertz CT molecular complexity index is 841. The Hall–Kier alpha value is -2.35. The predicted molar refractivity (Wildman–Crippen MR) is 106 cm³/mol. The van der Waals surface area contributed by atoms with Crippen LogP contribution in [0.5, 0.6) is 0 Å². The lowest BCUT2D eigenvalue weighted by molar-refractivity contribution is 0.598. The second-order valence-corrected chi connectivity index (χ2v) is 7.34. The number of hydrogen-bond acceptors (Lipinski definition) is 2. The maximum absolute atomic E-state index is 4.64. The van der Waals surface area contributed by atoms with Crippen LogP contribution in [-0.2, 0) is 0 Å². The third-order valence-corrected chi connectivity index (χ3v) is 5.09. The molecule has 2 aromatic carbocycles. The van der Waals surface area contributed by atoms with Crippen molar-refractivity contribution in [2.75, 3.05) is 11.9 Å². The zero-order valence-electron chi connectivity index (χ0n) is 15.5. The SMILES string of the molecule is CC1=CC(C)(C)N(C)c2ccc(C=Nc3ccc(C)c(C)c3)cc21. The first-order valence-electron chi connectivity index (χ1n) is 8.47. The molecule has 1 heterocycles. The van der Waals surface area contributed by atoms with Crippen molar-refractivity contribution in [1.82, 2.24) is 0 Å². The van der Waals surface area contributed by atoms with E-state index in [1.54, 1.807) is 0 Å². The van der Waals surface area contributed by atoms with Crippen LogP contribution in [0, 0.1) is 13.8 Å². The number of allylic oxidation sites excluding steroid dienone is 1. The zero-order valence-corrected chi connectivity index (χ0v) is 15.5. The first-order valence-corrected chi connectivity index (χ1v) is 8.47. The van der Waals surface area contributed by atoms with Crippen molar-refractivity contribution in [3.8, 4) is 0 Å². The summed E-state index contributed by atoms with van der Waals surface area (Å²) in [6.45, 7) is 10.9. The van der Waals surface area contributed by atoms with Crippen LogP contribution in [0.1, 0.15) is 43.0 Å². The van der Waals surface area contributed by atoms with Gasteiger partial charge in [-0.3, -0.25) is 4.99 Å². The molecule has 0 aromatic heterocycles. The lowest BCUT2D eigenvalue weighted by atomic mass is 9.89.